The Bertz CT molecular complexity index is 1250. The minimum Gasteiger partial charge on any atom is -0.396 e. The van der Waals surface area contributed by atoms with Gasteiger partial charge in [0.15, 0.2) is 0 Å². The lowest BCUT2D eigenvalue weighted by Crippen LogP contribution is -2.44. The number of carbonyl (C=O) groups is 1. The van der Waals surface area contributed by atoms with Crippen LogP contribution in [-0.4, -0.2) is 45.2 Å². The van der Waals surface area contributed by atoms with Crippen LogP contribution in [0, 0.1) is 17.7 Å². The molecular weight excluding hydrogens is 423 g/mol. The number of pyridine rings is 2. The largest absolute Gasteiger partial charge is 0.396 e. The number of fused-ring (bicyclic) bond motifs is 4. The minimum absolute atomic E-state index is 0.171. The number of aromatic nitrogens is 2. The van der Waals surface area contributed by atoms with E-state index in [1.54, 1.807) is 41.1 Å². The monoisotopic (exact) mass is 448 g/mol. The summed E-state index contributed by atoms with van der Waals surface area (Å²) in [5, 5.41) is 13.1. The van der Waals surface area contributed by atoms with E-state index in [1.165, 1.54) is 6.07 Å². The first-order valence-electron chi connectivity index (χ1n) is 11.0. The first-order chi connectivity index (χ1) is 16.0. The average Bonchev–Trinajstić information content (AvgIpc) is 3.01. The second-order valence-electron chi connectivity index (χ2n) is 8.66. The molecule has 170 valence electrons. The maximum Gasteiger partial charge on any atom is 0.258 e. The molecule has 0 unspecified atom stereocenters. The van der Waals surface area contributed by atoms with E-state index >= 15 is 0 Å². The smallest absolute Gasteiger partial charge is 0.258 e. The van der Waals surface area contributed by atoms with E-state index in [9.17, 15) is 19.1 Å². The number of carbonyl (C=O) groups excluding carboxylic acids is 1. The number of rotatable bonds is 5. The van der Waals surface area contributed by atoms with Gasteiger partial charge in [0.25, 0.3) is 5.56 Å². The lowest BCUT2D eigenvalue weighted by Gasteiger charge is -2.35. The number of halogens is 1. The van der Waals surface area contributed by atoms with Crippen LogP contribution in [-0.2, 0) is 17.9 Å². The summed E-state index contributed by atoms with van der Waals surface area (Å²) in [5.41, 5.74) is 1.71. The van der Waals surface area contributed by atoms with E-state index in [2.05, 4.69) is 15.2 Å². The second kappa shape index (κ2) is 8.53. The van der Waals surface area contributed by atoms with Crippen LogP contribution in [0.15, 0.2) is 65.6 Å². The molecule has 2 aliphatic heterocycles. The number of hydrogen-bond acceptors (Lipinski definition) is 5. The van der Waals surface area contributed by atoms with Gasteiger partial charge in [-0.3, -0.25) is 19.5 Å². The Balaban J connectivity index is 1.51. The summed E-state index contributed by atoms with van der Waals surface area (Å²) in [6.07, 6.45) is 1.67. The fourth-order valence-corrected chi connectivity index (χ4v) is 5.37. The van der Waals surface area contributed by atoms with Crippen LogP contribution in [0.1, 0.15) is 17.4 Å². The number of nitrogens with zero attached hydrogens (tertiary/aromatic N) is 3. The molecule has 2 aliphatic rings. The highest BCUT2D eigenvalue weighted by Crippen LogP contribution is 2.47. The topological polar surface area (TPSA) is 87.5 Å². The molecular formula is C25H25FN4O3. The van der Waals surface area contributed by atoms with Crippen LogP contribution in [0.3, 0.4) is 0 Å². The molecule has 33 heavy (non-hydrogen) atoms. The summed E-state index contributed by atoms with van der Waals surface area (Å²) in [6.45, 7) is 0.448. The SMILES string of the molecule is CN1[C@@H]2c3ccc(-c4ccccc4F)c(=O)n3C[C@H]1[C@H](CO)[C@H]2C(=O)NCc1ccccn1. The summed E-state index contributed by atoms with van der Waals surface area (Å²) in [6, 6.07) is 14.6. The van der Waals surface area contributed by atoms with Crippen molar-refractivity contribution in [2.45, 2.75) is 25.2 Å². The quantitative estimate of drug-likeness (QED) is 0.623. The average molecular weight is 448 g/mol. The van der Waals surface area contributed by atoms with E-state index in [-0.39, 0.29) is 53.7 Å². The molecule has 2 bridgehead atoms. The molecule has 2 N–H and O–H groups in total. The molecule has 4 heterocycles. The number of likely N-dealkylation sites (N-methyl/N-ethyl adjacent to an activating group) is 1. The van der Waals surface area contributed by atoms with Crippen molar-refractivity contribution in [3.8, 4) is 11.1 Å². The van der Waals surface area contributed by atoms with Crippen molar-refractivity contribution < 1.29 is 14.3 Å². The van der Waals surface area contributed by atoms with Crippen LogP contribution in [0.4, 0.5) is 4.39 Å². The van der Waals surface area contributed by atoms with Gasteiger partial charge in [-0.05, 0) is 37.4 Å². The zero-order valence-corrected chi connectivity index (χ0v) is 18.2. The summed E-state index contributed by atoms with van der Waals surface area (Å²) >= 11 is 0. The van der Waals surface area contributed by atoms with Crippen molar-refractivity contribution in [1.29, 1.82) is 0 Å². The Kier molecular flexibility index (Phi) is 5.55. The van der Waals surface area contributed by atoms with E-state index in [4.69, 9.17) is 0 Å². The molecule has 0 spiro atoms. The fraction of sp³-hybridized carbons (Fsp3) is 0.320. The van der Waals surface area contributed by atoms with Gasteiger partial charge in [-0.25, -0.2) is 4.39 Å². The molecule has 1 aromatic carbocycles. The maximum atomic E-state index is 14.4. The van der Waals surface area contributed by atoms with Crippen LogP contribution < -0.4 is 10.9 Å². The molecule has 1 amide bonds. The molecule has 7 nitrogen and oxygen atoms in total. The van der Waals surface area contributed by atoms with E-state index < -0.39 is 11.7 Å². The molecule has 4 atom stereocenters. The first-order valence-corrected chi connectivity index (χ1v) is 11.0. The first kappa shape index (κ1) is 21.5. The van der Waals surface area contributed by atoms with Crippen LogP contribution in [0.5, 0.6) is 0 Å². The van der Waals surface area contributed by atoms with E-state index in [0.717, 1.165) is 5.69 Å². The summed E-state index contributed by atoms with van der Waals surface area (Å²) < 4.78 is 16.0. The van der Waals surface area contributed by atoms with Crippen molar-refractivity contribution in [3.63, 3.8) is 0 Å². The predicted octanol–water partition coefficient (Wildman–Crippen LogP) is 1.96. The van der Waals surface area contributed by atoms with Gasteiger partial charge in [-0.15, -0.1) is 0 Å². The highest BCUT2D eigenvalue weighted by molar-refractivity contribution is 5.80. The number of amides is 1. The third kappa shape index (κ3) is 3.55. The second-order valence-corrected chi connectivity index (χ2v) is 8.66. The standard InChI is InChI=1S/C25H25FN4O3/c1-29-21-13-30-20(10-9-17(25(30)33)16-7-2-3-8-19(16)26)23(29)22(18(21)14-31)24(32)28-12-15-6-4-5-11-27-15/h2-11,18,21-23,31H,12-14H2,1H3,(H,28,32)/t18-,21-,22+,23+/m0/s1. The van der Waals surface area contributed by atoms with Crippen molar-refractivity contribution in [2.24, 2.45) is 11.8 Å². The molecule has 1 fully saturated rings. The van der Waals surface area contributed by atoms with Gasteiger partial charge in [-0.1, -0.05) is 24.3 Å². The van der Waals surface area contributed by atoms with Crippen molar-refractivity contribution in [2.75, 3.05) is 13.7 Å². The van der Waals surface area contributed by atoms with Gasteiger partial charge >= 0.3 is 0 Å². The number of aliphatic hydroxyl groups excluding tert-OH is 1. The van der Waals surface area contributed by atoms with Gasteiger partial charge in [-0.2, -0.15) is 0 Å². The fourth-order valence-electron chi connectivity index (χ4n) is 5.37. The molecule has 0 aliphatic carbocycles. The minimum atomic E-state index is -0.527. The van der Waals surface area contributed by atoms with Crippen molar-refractivity contribution >= 4 is 5.91 Å². The number of nitrogens with one attached hydrogen (secondary N) is 1. The highest BCUT2D eigenvalue weighted by Gasteiger charge is 2.54. The Morgan fingerprint density at radius 1 is 1.15 bits per heavy atom. The predicted molar refractivity (Wildman–Crippen MR) is 121 cm³/mol. The Hall–Kier alpha value is -3.36. The van der Waals surface area contributed by atoms with Crippen molar-refractivity contribution in [1.82, 2.24) is 19.8 Å². The van der Waals surface area contributed by atoms with Gasteiger partial charge in [0, 0.05) is 42.6 Å². The van der Waals surface area contributed by atoms with Crippen LogP contribution in [0.2, 0.25) is 0 Å². The summed E-state index contributed by atoms with van der Waals surface area (Å²) in [5.74, 6) is -1.50. The summed E-state index contributed by atoms with van der Waals surface area (Å²) in [4.78, 5) is 33.0. The molecule has 0 saturated carbocycles. The van der Waals surface area contributed by atoms with Crippen LogP contribution >= 0.6 is 0 Å². The Morgan fingerprint density at radius 2 is 1.94 bits per heavy atom. The Labute approximate surface area is 190 Å². The van der Waals surface area contributed by atoms with Gasteiger partial charge in [0.05, 0.1) is 29.8 Å². The zero-order chi connectivity index (χ0) is 23.1. The van der Waals surface area contributed by atoms with Gasteiger partial charge in [0.1, 0.15) is 5.82 Å². The molecule has 2 aromatic heterocycles. The molecule has 1 saturated heterocycles. The number of aliphatic hydroxyl groups is 1. The molecule has 0 radical (unpaired) electrons. The van der Waals surface area contributed by atoms with Gasteiger partial charge < -0.3 is 15.0 Å². The van der Waals surface area contributed by atoms with Crippen LogP contribution in [0.25, 0.3) is 11.1 Å². The molecule has 3 aromatic rings. The number of benzene rings is 1. The van der Waals surface area contributed by atoms with Crippen molar-refractivity contribution in [3.05, 3.63) is 88.4 Å². The molecule has 5 rings (SSSR count). The number of hydrogen-bond donors (Lipinski definition) is 2. The molecule has 8 heteroatoms. The van der Waals surface area contributed by atoms with Gasteiger partial charge in [0.2, 0.25) is 5.91 Å². The summed E-state index contributed by atoms with van der Waals surface area (Å²) in [7, 11) is 1.92. The lowest BCUT2D eigenvalue weighted by atomic mass is 9.86. The lowest BCUT2D eigenvalue weighted by molar-refractivity contribution is -0.127. The maximum absolute atomic E-state index is 14.4. The van der Waals surface area contributed by atoms with E-state index in [0.29, 0.717) is 12.2 Å². The third-order valence-electron chi connectivity index (χ3n) is 6.99. The third-order valence-corrected chi connectivity index (χ3v) is 6.99. The normalized spacial score (nSPS) is 23.8. The zero-order valence-electron chi connectivity index (χ0n) is 18.2. The Morgan fingerprint density at radius 3 is 2.67 bits per heavy atom. The highest BCUT2D eigenvalue weighted by atomic mass is 19.1. The van der Waals surface area contributed by atoms with E-state index in [1.807, 2.05) is 25.2 Å².